The number of aromatic nitrogens is 2. The van der Waals surface area contributed by atoms with Crippen molar-refractivity contribution in [3.8, 4) is 17.0 Å². The number of ether oxygens (including phenoxy) is 1. The molecule has 0 saturated carbocycles. The summed E-state index contributed by atoms with van der Waals surface area (Å²) < 4.78 is 6.24. The number of halogens is 1. The van der Waals surface area contributed by atoms with Crippen LogP contribution in [0.5, 0.6) is 5.75 Å². The summed E-state index contributed by atoms with van der Waals surface area (Å²) in [4.78, 5) is 10.4. The third-order valence-corrected chi connectivity index (χ3v) is 5.94. The molecule has 5 rings (SSSR count). The first kappa shape index (κ1) is 17.4. The average Bonchev–Trinajstić information content (AvgIpc) is 3.16. The molecule has 0 spiro atoms. The number of pyridine rings is 1. The largest absolute Gasteiger partial charge is 0.489 e. The molecule has 2 aliphatic rings. The number of fused-ring (bicyclic) bond motifs is 3. The number of rotatable bonds is 3. The Kier molecular flexibility index (Phi) is 4.63. The number of hydrogen-bond acceptors (Lipinski definition) is 3. The Morgan fingerprint density at radius 1 is 1.08 bits per heavy atom. The molecular formula is C21H24ClN3O. The summed E-state index contributed by atoms with van der Waals surface area (Å²) in [5.74, 6) is 0.888. The van der Waals surface area contributed by atoms with Gasteiger partial charge in [0.05, 0.1) is 11.9 Å². The fraction of sp³-hybridized carbons (Fsp3) is 0.381. The molecule has 136 valence electrons. The van der Waals surface area contributed by atoms with Crippen molar-refractivity contribution in [2.75, 3.05) is 7.05 Å². The lowest BCUT2D eigenvalue weighted by molar-refractivity contribution is 0.0659. The zero-order valence-electron chi connectivity index (χ0n) is 14.9. The number of nitrogens with one attached hydrogen (secondary N) is 1. The van der Waals surface area contributed by atoms with Crippen molar-refractivity contribution >= 4 is 23.3 Å². The molecular weight excluding hydrogens is 346 g/mol. The van der Waals surface area contributed by atoms with Gasteiger partial charge in [-0.05, 0) is 62.4 Å². The Hall–Kier alpha value is -2.04. The van der Waals surface area contributed by atoms with Crippen LogP contribution in [-0.2, 0) is 0 Å². The normalized spacial score (nSPS) is 25.2. The lowest BCUT2D eigenvalue weighted by Crippen LogP contribution is -2.43. The molecule has 2 fully saturated rings. The number of H-pyrrole nitrogens is 1. The number of benzene rings is 1. The van der Waals surface area contributed by atoms with Crippen molar-refractivity contribution in [2.45, 2.75) is 43.9 Å². The third kappa shape index (κ3) is 3.08. The maximum absolute atomic E-state index is 6.24. The summed E-state index contributed by atoms with van der Waals surface area (Å²) >= 11 is 0. The van der Waals surface area contributed by atoms with Crippen LogP contribution in [0.15, 0.2) is 48.8 Å². The van der Waals surface area contributed by atoms with Crippen molar-refractivity contribution in [3.63, 3.8) is 0 Å². The van der Waals surface area contributed by atoms with Crippen LogP contribution in [0.3, 0.4) is 0 Å². The maximum atomic E-state index is 6.24. The predicted molar refractivity (Wildman–Crippen MR) is 107 cm³/mol. The minimum Gasteiger partial charge on any atom is -0.489 e. The Bertz CT molecular complexity index is 878. The van der Waals surface area contributed by atoms with E-state index in [9.17, 15) is 0 Å². The molecule has 1 N–H and O–H groups in total. The molecule has 4 heterocycles. The van der Waals surface area contributed by atoms with E-state index in [0.717, 1.165) is 35.4 Å². The standard InChI is InChI=1S/C21H23N3O.ClH/c1-24-16-4-5-17(24)12-19(11-16)25-18-6-7-20(23-13-18)15-3-2-14-8-9-22-21(14)10-15;/h2-3,6-10,13,16-17,19,22H,4-5,11-12H2,1H3;1H. The van der Waals surface area contributed by atoms with Crippen molar-refractivity contribution in [1.29, 1.82) is 0 Å². The van der Waals surface area contributed by atoms with E-state index in [1.807, 2.05) is 12.4 Å². The van der Waals surface area contributed by atoms with Crippen LogP contribution < -0.4 is 4.74 Å². The highest BCUT2D eigenvalue weighted by molar-refractivity contribution is 5.85. The van der Waals surface area contributed by atoms with E-state index in [2.05, 4.69) is 58.3 Å². The van der Waals surface area contributed by atoms with Gasteiger partial charge in [0.25, 0.3) is 0 Å². The number of hydrogen-bond donors (Lipinski definition) is 1. The Morgan fingerprint density at radius 2 is 1.88 bits per heavy atom. The fourth-order valence-electron chi connectivity index (χ4n) is 4.48. The molecule has 2 aromatic heterocycles. The van der Waals surface area contributed by atoms with Crippen molar-refractivity contribution < 1.29 is 4.74 Å². The van der Waals surface area contributed by atoms with Crippen molar-refractivity contribution in [2.24, 2.45) is 0 Å². The zero-order valence-corrected chi connectivity index (χ0v) is 15.7. The van der Waals surface area contributed by atoms with Gasteiger partial charge < -0.3 is 14.6 Å². The van der Waals surface area contributed by atoms with E-state index in [-0.39, 0.29) is 12.4 Å². The van der Waals surface area contributed by atoms with Gasteiger partial charge in [0, 0.05) is 29.4 Å². The Morgan fingerprint density at radius 3 is 2.62 bits per heavy atom. The van der Waals surface area contributed by atoms with E-state index in [1.165, 1.54) is 18.2 Å². The van der Waals surface area contributed by atoms with Gasteiger partial charge in [-0.3, -0.25) is 4.98 Å². The van der Waals surface area contributed by atoms with Gasteiger partial charge in [0.2, 0.25) is 0 Å². The number of aromatic amines is 1. The van der Waals surface area contributed by atoms with Crippen LogP contribution in [0.25, 0.3) is 22.2 Å². The smallest absolute Gasteiger partial charge is 0.138 e. The number of piperidine rings is 1. The second-order valence-electron chi connectivity index (χ2n) is 7.42. The first-order valence-corrected chi connectivity index (χ1v) is 9.18. The fourth-order valence-corrected chi connectivity index (χ4v) is 4.48. The molecule has 2 bridgehead atoms. The first-order valence-electron chi connectivity index (χ1n) is 9.18. The van der Waals surface area contributed by atoms with Crippen LogP contribution in [0, 0.1) is 0 Å². The molecule has 5 heteroatoms. The average molecular weight is 370 g/mol. The van der Waals surface area contributed by atoms with E-state index >= 15 is 0 Å². The van der Waals surface area contributed by atoms with Crippen LogP contribution in [0.2, 0.25) is 0 Å². The van der Waals surface area contributed by atoms with Gasteiger partial charge >= 0.3 is 0 Å². The monoisotopic (exact) mass is 369 g/mol. The zero-order chi connectivity index (χ0) is 16.8. The van der Waals surface area contributed by atoms with E-state index < -0.39 is 0 Å². The lowest BCUT2D eigenvalue weighted by Gasteiger charge is -2.36. The molecule has 26 heavy (non-hydrogen) atoms. The molecule has 2 atom stereocenters. The van der Waals surface area contributed by atoms with Gasteiger partial charge in [-0.25, -0.2) is 0 Å². The third-order valence-electron chi connectivity index (χ3n) is 5.94. The van der Waals surface area contributed by atoms with E-state index in [4.69, 9.17) is 4.74 Å². The van der Waals surface area contributed by atoms with Crippen molar-refractivity contribution in [1.82, 2.24) is 14.9 Å². The number of nitrogens with zero attached hydrogens (tertiary/aromatic N) is 2. The summed E-state index contributed by atoms with van der Waals surface area (Å²) in [6, 6.07) is 14.0. The lowest BCUT2D eigenvalue weighted by atomic mass is 10.0. The second kappa shape index (κ2) is 6.93. The SMILES string of the molecule is CN1C2CCC1CC(Oc1ccc(-c3ccc4cc[nH]c4c3)nc1)C2.Cl. The molecule has 4 nitrogen and oxygen atoms in total. The van der Waals surface area contributed by atoms with E-state index in [1.54, 1.807) is 0 Å². The van der Waals surface area contributed by atoms with Crippen molar-refractivity contribution in [3.05, 3.63) is 48.8 Å². The molecule has 0 amide bonds. The van der Waals surface area contributed by atoms with Crippen LogP contribution >= 0.6 is 12.4 Å². The second-order valence-corrected chi connectivity index (χ2v) is 7.42. The summed E-state index contributed by atoms with van der Waals surface area (Å²) in [5, 5.41) is 1.22. The van der Waals surface area contributed by atoms with Crippen LogP contribution in [-0.4, -0.2) is 40.1 Å². The molecule has 0 radical (unpaired) electrons. The highest BCUT2D eigenvalue weighted by atomic mass is 35.5. The van der Waals surface area contributed by atoms with Gasteiger partial charge in [-0.2, -0.15) is 0 Å². The topological polar surface area (TPSA) is 41.1 Å². The highest BCUT2D eigenvalue weighted by Crippen LogP contribution is 2.36. The quantitative estimate of drug-likeness (QED) is 0.730. The molecule has 2 unspecified atom stereocenters. The summed E-state index contributed by atoms with van der Waals surface area (Å²) in [6.07, 6.45) is 9.08. The Balaban J connectivity index is 0.00000168. The predicted octanol–water partition coefficient (Wildman–Crippen LogP) is 4.66. The molecule has 0 aliphatic carbocycles. The van der Waals surface area contributed by atoms with Crippen LogP contribution in [0.1, 0.15) is 25.7 Å². The molecule has 2 aliphatic heterocycles. The van der Waals surface area contributed by atoms with Crippen LogP contribution in [0.4, 0.5) is 0 Å². The van der Waals surface area contributed by atoms with Gasteiger partial charge in [0.1, 0.15) is 11.9 Å². The minimum absolute atomic E-state index is 0. The summed E-state index contributed by atoms with van der Waals surface area (Å²) in [7, 11) is 2.26. The molecule has 1 aromatic carbocycles. The first-order chi connectivity index (χ1) is 12.3. The van der Waals surface area contributed by atoms with Gasteiger partial charge in [-0.15, -0.1) is 12.4 Å². The highest BCUT2D eigenvalue weighted by Gasteiger charge is 2.39. The van der Waals surface area contributed by atoms with Gasteiger partial charge in [0.15, 0.2) is 0 Å². The maximum Gasteiger partial charge on any atom is 0.138 e. The minimum atomic E-state index is 0. The van der Waals surface area contributed by atoms with Gasteiger partial charge in [-0.1, -0.05) is 12.1 Å². The summed E-state index contributed by atoms with van der Waals surface area (Å²) in [5.41, 5.74) is 3.24. The molecule has 2 saturated heterocycles. The Labute approximate surface area is 160 Å². The van der Waals surface area contributed by atoms with E-state index in [0.29, 0.717) is 18.2 Å². The molecule has 3 aromatic rings. The summed E-state index contributed by atoms with van der Waals surface area (Å²) in [6.45, 7) is 0.